The van der Waals surface area contributed by atoms with E-state index in [1.165, 1.54) is 0 Å². The molecule has 1 N–H and O–H groups in total. The molecule has 0 unspecified atom stereocenters. The van der Waals surface area contributed by atoms with Gasteiger partial charge in [0.25, 0.3) is 0 Å². The van der Waals surface area contributed by atoms with Gasteiger partial charge in [0.05, 0.1) is 6.10 Å². The summed E-state index contributed by atoms with van der Waals surface area (Å²) in [6, 6.07) is 0. The maximum absolute atomic E-state index is 9.56. The Morgan fingerprint density at radius 1 is 1.55 bits per heavy atom. The number of hydrogen-bond acceptors (Lipinski definition) is 1. The van der Waals surface area contributed by atoms with Crippen molar-refractivity contribution in [3.8, 4) is 0 Å². The molecule has 0 aliphatic carbocycles. The monoisotopic (exact) mass is 156 g/mol. The average molecular weight is 156 g/mol. The van der Waals surface area contributed by atoms with Gasteiger partial charge in [0.2, 0.25) is 0 Å². The van der Waals surface area contributed by atoms with Gasteiger partial charge in [-0.15, -0.1) is 0 Å². The van der Waals surface area contributed by atoms with Crippen molar-refractivity contribution in [3.63, 3.8) is 0 Å². The van der Waals surface area contributed by atoms with Crippen LogP contribution in [0.2, 0.25) is 0 Å². The van der Waals surface area contributed by atoms with Crippen molar-refractivity contribution in [3.05, 3.63) is 12.2 Å². The summed E-state index contributed by atoms with van der Waals surface area (Å²) in [5.41, 5.74) is 1.08. The maximum Gasteiger partial charge on any atom is 0.0602 e. The lowest BCUT2D eigenvalue weighted by Gasteiger charge is -2.18. The molecule has 0 aromatic rings. The maximum atomic E-state index is 9.56. The fraction of sp³-hybridized carbons (Fsp3) is 0.800. The molecule has 11 heavy (non-hydrogen) atoms. The molecule has 66 valence electrons. The van der Waals surface area contributed by atoms with E-state index >= 15 is 0 Å². The summed E-state index contributed by atoms with van der Waals surface area (Å²) < 4.78 is 0. The van der Waals surface area contributed by atoms with Gasteiger partial charge < -0.3 is 5.11 Å². The fourth-order valence-corrected chi connectivity index (χ4v) is 0.992. The zero-order valence-electron chi connectivity index (χ0n) is 7.93. The minimum absolute atomic E-state index is 0.188. The lowest BCUT2D eigenvalue weighted by molar-refractivity contribution is 0.121. The molecule has 0 bridgehead atoms. The first kappa shape index (κ1) is 10.7. The van der Waals surface area contributed by atoms with Crippen LogP contribution in [0.1, 0.15) is 40.0 Å². The number of hydrogen-bond donors (Lipinski definition) is 1. The molecule has 0 heterocycles. The summed E-state index contributed by atoms with van der Waals surface area (Å²) in [5.74, 6) is 0.251. The van der Waals surface area contributed by atoms with E-state index in [9.17, 15) is 5.11 Å². The smallest absolute Gasteiger partial charge is 0.0602 e. The van der Waals surface area contributed by atoms with Crippen LogP contribution < -0.4 is 0 Å². The first-order valence-corrected chi connectivity index (χ1v) is 4.43. The van der Waals surface area contributed by atoms with Crippen LogP contribution in [0.15, 0.2) is 12.2 Å². The SMILES string of the molecule is C=C(C)[C@H](C)[C@@H](O)CCCC. The highest BCUT2D eigenvalue weighted by molar-refractivity contribution is 4.96. The van der Waals surface area contributed by atoms with Gasteiger partial charge in [0, 0.05) is 5.92 Å². The molecule has 0 rings (SSSR count). The van der Waals surface area contributed by atoms with Crippen LogP contribution >= 0.6 is 0 Å². The highest BCUT2D eigenvalue weighted by Crippen LogP contribution is 2.16. The van der Waals surface area contributed by atoms with Crippen molar-refractivity contribution in [2.45, 2.75) is 46.1 Å². The quantitative estimate of drug-likeness (QED) is 0.607. The van der Waals surface area contributed by atoms with Crippen molar-refractivity contribution >= 4 is 0 Å². The molecule has 0 aliphatic rings. The Labute approximate surface area is 70.1 Å². The summed E-state index contributed by atoms with van der Waals surface area (Å²) in [4.78, 5) is 0. The standard InChI is InChI=1S/C10H20O/c1-5-6-7-10(11)9(4)8(2)3/h9-11H,2,5-7H2,1,3-4H3/t9-,10-/m0/s1. The molecule has 1 nitrogen and oxygen atoms in total. The Balaban J connectivity index is 3.63. The van der Waals surface area contributed by atoms with Crippen molar-refractivity contribution in [1.29, 1.82) is 0 Å². The van der Waals surface area contributed by atoms with Gasteiger partial charge in [-0.3, -0.25) is 0 Å². The van der Waals surface area contributed by atoms with E-state index in [2.05, 4.69) is 13.5 Å². The predicted octanol–water partition coefficient (Wildman–Crippen LogP) is 2.75. The summed E-state index contributed by atoms with van der Waals surface area (Å²) in [6.45, 7) is 9.96. The van der Waals surface area contributed by atoms with Gasteiger partial charge in [-0.1, -0.05) is 38.8 Å². The second kappa shape index (κ2) is 5.36. The van der Waals surface area contributed by atoms with Gasteiger partial charge in [-0.05, 0) is 13.3 Å². The molecule has 0 aromatic carbocycles. The Bertz CT molecular complexity index is 118. The Morgan fingerprint density at radius 2 is 2.09 bits per heavy atom. The minimum Gasteiger partial charge on any atom is -0.393 e. The first-order valence-electron chi connectivity index (χ1n) is 4.43. The molecule has 0 saturated carbocycles. The van der Waals surface area contributed by atoms with Gasteiger partial charge in [0.15, 0.2) is 0 Å². The van der Waals surface area contributed by atoms with E-state index in [-0.39, 0.29) is 12.0 Å². The van der Waals surface area contributed by atoms with E-state index in [1.807, 2.05) is 13.8 Å². The molecule has 0 radical (unpaired) electrons. The topological polar surface area (TPSA) is 20.2 Å². The highest BCUT2D eigenvalue weighted by Gasteiger charge is 2.13. The third kappa shape index (κ3) is 4.20. The third-order valence-electron chi connectivity index (χ3n) is 2.21. The van der Waals surface area contributed by atoms with Crippen molar-refractivity contribution < 1.29 is 5.11 Å². The second-order valence-corrected chi connectivity index (χ2v) is 3.34. The van der Waals surface area contributed by atoms with E-state index < -0.39 is 0 Å². The van der Waals surface area contributed by atoms with E-state index in [1.54, 1.807) is 0 Å². The Morgan fingerprint density at radius 3 is 2.45 bits per heavy atom. The second-order valence-electron chi connectivity index (χ2n) is 3.34. The van der Waals surface area contributed by atoms with Gasteiger partial charge in [0.1, 0.15) is 0 Å². The fourth-order valence-electron chi connectivity index (χ4n) is 0.992. The van der Waals surface area contributed by atoms with Gasteiger partial charge in [-0.2, -0.15) is 0 Å². The zero-order valence-corrected chi connectivity index (χ0v) is 7.93. The minimum atomic E-state index is -0.188. The Hall–Kier alpha value is -0.300. The largest absolute Gasteiger partial charge is 0.393 e. The van der Waals surface area contributed by atoms with Crippen LogP contribution in [-0.4, -0.2) is 11.2 Å². The molecule has 0 amide bonds. The molecule has 1 heteroatoms. The third-order valence-corrected chi connectivity index (χ3v) is 2.21. The van der Waals surface area contributed by atoms with Crippen LogP contribution in [0, 0.1) is 5.92 Å². The van der Waals surface area contributed by atoms with Crippen LogP contribution in [0.5, 0.6) is 0 Å². The number of aliphatic hydroxyl groups excluding tert-OH is 1. The molecule has 0 saturated heterocycles. The normalized spacial score (nSPS) is 16.0. The van der Waals surface area contributed by atoms with Crippen LogP contribution in [0.4, 0.5) is 0 Å². The first-order chi connectivity index (χ1) is 5.09. The highest BCUT2D eigenvalue weighted by atomic mass is 16.3. The van der Waals surface area contributed by atoms with Crippen LogP contribution in [-0.2, 0) is 0 Å². The summed E-state index contributed by atoms with van der Waals surface area (Å²) in [5, 5.41) is 9.56. The van der Waals surface area contributed by atoms with E-state index in [4.69, 9.17) is 0 Å². The average Bonchev–Trinajstić information content (AvgIpc) is 1.98. The number of rotatable bonds is 5. The summed E-state index contributed by atoms with van der Waals surface area (Å²) >= 11 is 0. The van der Waals surface area contributed by atoms with E-state index in [0.717, 1.165) is 24.8 Å². The molecule has 2 atom stereocenters. The molecule has 0 aromatic heterocycles. The number of aliphatic hydroxyl groups is 1. The molecule has 0 fully saturated rings. The lowest BCUT2D eigenvalue weighted by atomic mass is 9.94. The molecular weight excluding hydrogens is 136 g/mol. The summed E-state index contributed by atoms with van der Waals surface area (Å²) in [7, 11) is 0. The van der Waals surface area contributed by atoms with Crippen molar-refractivity contribution in [2.24, 2.45) is 5.92 Å². The van der Waals surface area contributed by atoms with Crippen LogP contribution in [0.25, 0.3) is 0 Å². The van der Waals surface area contributed by atoms with E-state index in [0.29, 0.717) is 0 Å². The van der Waals surface area contributed by atoms with Crippen molar-refractivity contribution in [1.82, 2.24) is 0 Å². The zero-order chi connectivity index (χ0) is 8.85. The molecule has 0 aliphatic heterocycles. The molecule has 0 spiro atoms. The Kier molecular flexibility index (Phi) is 5.22. The van der Waals surface area contributed by atoms with Crippen LogP contribution in [0.3, 0.4) is 0 Å². The predicted molar refractivity (Wildman–Crippen MR) is 49.5 cm³/mol. The van der Waals surface area contributed by atoms with Gasteiger partial charge >= 0.3 is 0 Å². The number of unbranched alkanes of at least 4 members (excludes halogenated alkanes) is 1. The van der Waals surface area contributed by atoms with Crippen molar-refractivity contribution in [2.75, 3.05) is 0 Å². The lowest BCUT2D eigenvalue weighted by Crippen LogP contribution is -2.17. The van der Waals surface area contributed by atoms with Gasteiger partial charge in [-0.25, -0.2) is 0 Å². The summed E-state index contributed by atoms with van der Waals surface area (Å²) in [6.07, 6.45) is 2.98. The molecular formula is C10H20O.